The molecule has 0 heterocycles. The van der Waals surface area contributed by atoms with Gasteiger partial charge in [-0.25, -0.2) is 0 Å². The molecule has 1 aromatic carbocycles. The van der Waals surface area contributed by atoms with Gasteiger partial charge >= 0.3 is 17.9 Å². The molecule has 0 radical (unpaired) electrons. The van der Waals surface area contributed by atoms with Gasteiger partial charge in [-0.3, -0.25) is 19.2 Å². The van der Waals surface area contributed by atoms with Crippen molar-refractivity contribution in [3.63, 3.8) is 0 Å². The number of benzene rings is 1. The molecule has 1 N–H and O–H groups in total. The molecule has 1 aromatic rings. The SMILES string of the molecule is C=C1[C@@H](C(=O)/C=C/c2ccccc2)C[C@H](O)[C@]2(C)[C@@H]1C[C@@H]1C[C@H](OC(C)=O)C(C)=C([C@@H](OC(C)=O)[C@@H]2OC(C)=O)C1(C)C. The summed E-state index contributed by atoms with van der Waals surface area (Å²) in [5.41, 5.74) is 1.27. The molecular formula is C35H44O8. The van der Waals surface area contributed by atoms with E-state index >= 15 is 0 Å². The first kappa shape index (κ1) is 32.4. The van der Waals surface area contributed by atoms with Gasteiger partial charge in [0.2, 0.25) is 0 Å². The molecule has 0 aromatic heterocycles. The number of aliphatic hydroxyl groups excluding tert-OH is 1. The van der Waals surface area contributed by atoms with Crippen LogP contribution in [0.5, 0.6) is 0 Å². The Kier molecular flexibility index (Phi) is 9.21. The van der Waals surface area contributed by atoms with Crippen molar-refractivity contribution in [3.05, 3.63) is 65.3 Å². The minimum Gasteiger partial charge on any atom is -0.458 e. The first-order valence-corrected chi connectivity index (χ1v) is 14.9. The van der Waals surface area contributed by atoms with Gasteiger partial charge in [-0.15, -0.1) is 0 Å². The maximum atomic E-state index is 13.6. The summed E-state index contributed by atoms with van der Waals surface area (Å²) in [5, 5.41) is 11.9. The van der Waals surface area contributed by atoms with E-state index in [1.165, 1.54) is 26.8 Å². The highest BCUT2D eigenvalue weighted by molar-refractivity contribution is 5.97. The van der Waals surface area contributed by atoms with Gasteiger partial charge in [0, 0.05) is 32.1 Å². The molecule has 8 heteroatoms. The van der Waals surface area contributed by atoms with Crippen LogP contribution in [0.25, 0.3) is 6.08 Å². The van der Waals surface area contributed by atoms with Crippen LogP contribution in [-0.2, 0) is 33.4 Å². The second-order valence-electron chi connectivity index (χ2n) is 13.1. The highest BCUT2D eigenvalue weighted by Crippen LogP contribution is 2.61. The standard InChI is InChI=1S/C35H44O8/c1-19-26(28(39)15-14-24-12-10-9-11-13-24)18-30(40)35(8)27(19)16-25-17-29(41-21(3)36)20(2)31(34(25,6)7)32(42-22(4)37)33(35)43-23(5)38/h9-15,25-27,29-30,32-33,40H,1,16-18H2,2-8H3/b15-14+/t25-,26+,27-,29+,30+,32-,33+,35+/m1/s1. The summed E-state index contributed by atoms with van der Waals surface area (Å²) in [6.45, 7) is 16.2. The van der Waals surface area contributed by atoms with E-state index in [1.54, 1.807) is 6.08 Å². The fraction of sp³-hybridized carbons (Fsp3) is 0.543. The fourth-order valence-corrected chi connectivity index (χ4v) is 7.83. The van der Waals surface area contributed by atoms with Crippen LogP contribution in [-0.4, -0.2) is 53.2 Å². The van der Waals surface area contributed by atoms with E-state index in [2.05, 4.69) is 20.4 Å². The summed E-state index contributed by atoms with van der Waals surface area (Å²) in [7, 11) is 0. The maximum Gasteiger partial charge on any atom is 0.303 e. The lowest BCUT2D eigenvalue weighted by Gasteiger charge is -2.59. The predicted octanol–water partition coefficient (Wildman–Crippen LogP) is 5.39. The lowest BCUT2D eigenvalue weighted by molar-refractivity contribution is -0.201. The normalized spacial score (nSPS) is 33.6. The highest BCUT2D eigenvalue weighted by atomic mass is 16.6. The molecule has 3 aliphatic carbocycles. The Morgan fingerprint density at radius 2 is 1.51 bits per heavy atom. The van der Waals surface area contributed by atoms with Crippen LogP contribution in [0.2, 0.25) is 0 Å². The Hall–Kier alpha value is -3.52. The Morgan fingerprint density at radius 3 is 2.09 bits per heavy atom. The molecule has 232 valence electrons. The van der Waals surface area contributed by atoms with Crippen LogP contribution >= 0.6 is 0 Å². The van der Waals surface area contributed by atoms with Gasteiger partial charge in [0.05, 0.1) is 6.10 Å². The number of fused-ring (bicyclic) bond motifs is 3. The zero-order chi connectivity index (χ0) is 31.9. The van der Waals surface area contributed by atoms with Crippen molar-refractivity contribution >= 4 is 29.8 Å². The Bertz CT molecular complexity index is 1350. The van der Waals surface area contributed by atoms with Gasteiger partial charge in [-0.2, -0.15) is 0 Å². The van der Waals surface area contributed by atoms with Crippen LogP contribution in [0.4, 0.5) is 0 Å². The first-order chi connectivity index (χ1) is 20.1. The number of hydrogen-bond donors (Lipinski definition) is 1. The Balaban J connectivity index is 1.88. The van der Waals surface area contributed by atoms with E-state index in [1.807, 2.05) is 44.2 Å². The molecule has 8 nitrogen and oxygen atoms in total. The summed E-state index contributed by atoms with van der Waals surface area (Å²) in [5.74, 6) is -3.02. The number of esters is 3. The van der Waals surface area contributed by atoms with Gasteiger partial charge in [-0.05, 0) is 66.2 Å². The Morgan fingerprint density at radius 1 is 0.907 bits per heavy atom. The molecule has 43 heavy (non-hydrogen) atoms. The Labute approximate surface area is 254 Å². The van der Waals surface area contributed by atoms with Gasteiger partial charge in [0.15, 0.2) is 18.0 Å². The zero-order valence-electron chi connectivity index (χ0n) is 26.2. The third-order valence-electron chi connectivity index (χ3n) is 10.1. The lowest BCUT2D eigenvalue weighted by atomic mass is 9.48. The average molecular weight is 593 g/mol. The molecule has 2 saturated carbocycles. The van der Waals surface area contributed by atoms with Crippen LogP contribution in [0.1, 0.15) is 73.3 Å². The summed E-state index contributed by atoms with van der Waals surface area (Å²) < 4.78 is 17.8. The van der Waals surface area contributed by atoms with E-state index in [9.17, 15) is 24.3 Å². The van der Waals surface area contributed by atoms with Crippen LogP contribution in [0, 0.1) is 28.6 Å². The maximum absolute atomic E-state index is 13.6. The molecule has 0 aliphatic heterocycles. The monoisotopic (exact) mass is 592 g/mol. The fourth-order valence-electron chi connectivity index (χ4n) is 7.83. The summed E-state index contributed by atoms with van der Waals surface area (Å²) in [6, 6.07) is 9.48. The third-order valence-corrected chi connectivity index (χ3v) is 10.1. The predicted molar refractivity (Wildman–Crippen MR) is 161 cm³/mol. The minimum atomic E-state index is -1.14. The number of carbonyl (C=O) groups is 4. The molecule has 0 saturated heterocycles. The van der Waals surface area contributed by atoms with Crippen molar-refractivity contribution in [2.75, 3.05) is 0 Å². The van der Waals surface area contributed by atoms with Crippen molar-refractivity contribution in [1.82, 2.24) is 0 Å². The first-order valence-electron chi connectivity index (χ1n) is 14.9. The number of aliphatic hydroxyl groups is 1. The van der Waals surface area contributed by atoms with E-state index in [0.717, 1.165) is 16.7 Å². The molecule has 0 spiro atoms. The largest absolute Gasteiger partial charge is 0.458 e. The molecule has 2 bridgehead atoms. The second kappa shape index (κ2) is 12.2. The van der Waals surface area contributed by atoms with Crippen LogP contribution in [0.15, 0.2) is 59.7 Å². The lowest BCUT2D eigenvalue weighted by Crippen LogP contribution is -2.63. The van der Waals surface area contributed by atoms with E-state index in [-0.39, 0.29) is 18.1 Å². The second-order valence-corrected chi connectivity index (χ2v) is 13.1. The average Bonchev–Trinajstić information content (AvgIpc) is 2.91. The van der Waals surface area contributed by atoms with Gasteiger partial charge in [0.25, 0.3) is 0 Å². The number of hydrogen-bond acceptors (Lipinski definition) is 8. The van der Waals surface area contributed by atoms with Crippen LogP contribution < -0.4 is 0 Å². The molecular weight excluding hydrogens is 548 g/mol. The molecule has 3 aliphatic rings. The third kappa shape index (κ3) is 6.12. The van der Waals surface area contributed by atoms with Crippen molar-refractivity contribution in [3.8, 4) is 0 Å². The van der Waals surface area contributed by atoms with E-state index in [0.29, 0.717) is 18.4 Å². The zero-order valence-corrected chi connectivity index (χ0v) is 26.2. The molecule has 0 amide bonds. The number of rotatable bonds is 6. The van der Waals surface area contributed by atoms with Crippen molar-refractivity contribution in [2.24, 2.45) is 28.6 Å². The summed E-state index contributed by atoms with van der Waals surface area (Å²) in [6.07, 6.45) is 0.549. The number of ketones is 1. The van der Waals surface area contributed by atoms with E-state index < -0.39 is 65.0 Å². The van der Waals surface area contributed by atoms with Gasteiger partial charge < -0.3 is 19.3 Å². The van der Waals surface area contributed by atoms with Gasteiger partial charge in [0.1, 0.15) is 6.10 Å². The molecule has 4 rings (SSSR count). The van der Waals surface area contributed by atoms with E-state index in [4.69, 9.17) is 14.2 Å². The smallest absolute Gasteiger partial charge is 0.303 e. The number of carbonyl (C=O) groups excluding carboxylic acids is 4. The van der Waals surface area contributed by atoms with Crippen molar-refractivity contribution < 1.29 is 38.5 Å². The van der Waals surface area contributed by atoms with Crippen molar-refractivity contribution in [1.29, 1.82) is 0 Å². The quantitative estimate of drug-likeness (QED) is 0.202. The van der Waals surface area contributed by atoms with Gasteiger partial charge in [-0.1, -0.05) is 69.3 Å². The van der Waals surface area contributed by atoms with Crippen molar-refractivity contribution in [2.45, 2.75) is 92.1 Å². The summed E-state index contributed by atoms with van der Waals surface area (Å²) in [4.78, 5) is 51.0. The molecule has 8 atom stereocenters. The highest BCUT2D eigenvalue weighted by Gasteiger charge is 2.63. The molecule has 2 fully saturated rings. The number of allylic oxidation sites excluding steroid dienone is 2. The van der Waals surface area contributed by atoms with Crippen LogP contribution in [0.3, 0.4) is 0 Å². The summed E-state index contributed by atoms with van der Waals surface area (Å²) >= 11 is 0. The molecule has 0 unspecified atom stereocenters. The minimum absolute atomic E-state index is 0.0799. The number of ether oxygens (including phenoxy) is 3. The topological polar surface area (TPSA) is 116 Å².